The summed E-state index contributed by atoms with van der Waals surface area (Å²) in [5, 5.41) is 0. The second kappa shape index (κ2) is 2.78. The number of benzene rings is 1. The predicted molar refractivity (Wildman–Crippen MR) is 50.8 cm³/mol. The van der Waals surface area contributed by atoms with E-state index in [9.17, 15) is 0 Å². The lowest BCUT2D eigenvalue weighted by Gasteiger charge is -2.13. The SMILES string of the molecule is CCN1SCc2ccccc21. The fraction of sp³-hybridized carbons (Fsp3) is 0.333. The van der Waals surface area contributed by atoms with Crippen molar-refractivity contribution < 1.29 is 0 Å². The van der Waals surface area contributed by atoms with Crippen molar-refractivity contribution >= 4 is 17.6 Å². The molecule has 2 heteroatoms. The van der Waals surface area contributed by atoms with Crippen LogP contribution in [0.1, 0.15) is 12.5 Å². The Morgan fingerprint density at radius 1 is 1.45 bits per heavy atom. The highest BCUT2D eigenvalue weighted by Crippen LogP contribution is 2.36. The molecule has 0 aromatic heterocycles. The summed E-state index contributed by atoms with van der Waals surface area (Å²) in [5.74, 6) is 1.14. The van der Waals surface area contributed by atoms with Crippen molar-refractivity contribution in [3.8, 4) is 0 Å². The van der Waals surface area contributed by atoms with Crippen LogP contribution in [0.15, 0.2) is 24.3 Å². The molecule has 0 spiro atoms. The summed E-state index contributed by atoms with van der Waals surface area (Å²) in [4.78, 5) is 0. The van der Waals surface area contributed by atoms with E-state index < -0.39 is 0 Å². The van der Waals surface area contributed by atoms with E-state index >= 15 is 0 Å². The second-order valence-electron chi connectivity index (χ2n) is 2.60. The molecule has 0 amide bonds. The van der Waals surface area contributed by atoms with Crippen LogP contribution >= 0.6 is 11.9 Å². The van der Waals surface area contributed by atoms with Crippen LogP contribution < -0.4 is 4.31 Å². The Kier molecular flexibility index (Phi) is 1.78. The third-order valence-corrected chi connectivity index (χ3v) is 3.13. The third-order valence-electron chi connectivity index (χ3n) is 1.92. The van der Waals surface area contributed by atoms with E-state index in [1.807, 2.05) is 11.9 Å². The molecule has 1 heterocycles. The van der Waals surface area contributed by atoms with Crippen molar-refractivity contribution in [3.05, 3.63) is 29.8 Å². The molecule has 1 aromatic carbocycles. The van der Waals surface area contributed by atoms with E-state index in [0.717, 1.165) is 12.3 Å². The van der Waals surface area contributed by atoms with Crippen molar-refractivity contribution in [3.63, 3.8) is 0 Å². The Hall–Kier alpha value is -0.630. The second-order valence-corrected chi connectivity index (χ2v) is 3.58. The molecule has 0 aliphatic carbocycles. The molecule has 2 rings (SSSR count). The van der Waals surface area contributed by atoms with E-state index in [2.05, 4.69) is 35.5 Å². The van der Waals surface area contributed by atoms with Gasteiger partial charge in [0.15, 0.2) is 0 Å². The van der Waals surface area contributed by atoms with E-state index in [4.69, 9.17) is 0 Å². The van der Waals surface area contributed by atoms with E-state index in [-0.39, 0.29) is 0 Å². The first-order chi connectivity index (χ1) is 5.42. The zero-order valence-electron chi connectivity index (χ0n) is 6.58. The molecule has 0 N–H and O–H groups in total. The van der Waals surface area contributed by atoms with Gasteiger partial charge in [0.1, 0.15) is 0 Å². The average molecular weight is 165 g/mol. The first-order valence-electron chi connectivity index (χ1n) is 3.90. The summed E-state index contributed by atoms with van der Waals surface area (Å²) in [6.07, 6.45) is 0. The predicted octanol–water partition coefficient (Wildman–Crippen LogP) is 2.67. The van der Waals surface area contributed by atoms with Crippen molar-refractivity contribution in [2.24, 2.45) is 0 Å². The van der Waals surface area contributed by atoms with Gasteiger partial charge in [-0.05, 0) is 30.5 Å². The van der Waals surface area contributed by atoms with Gasteiger partial charge in [-0.3, -0.25) is 0 Å². The van der Waals surface area contributed by atoms with Crippen molar-refractivity contribution in [1.29, 1.82) is 0 Å². The van der Waals surface area contributed by atoms with Crippen LogP contribution in [0, 0.1) is 0 Å². The van der Waals surface area contributed by atoms with Crippen molar-refractivity contribution in [1.82, 2.24) is 0 Å². The van der Waals surface area contributed by atoms with E-state index in [1.165, 1.54) is 11.3 Å². The van der Waals surface area contributed by atoms with Crippen LogP contribution in [0.3, 0.4) is 0 Å². The summed E-state index contributed by atoms with van der Waals surface area (Å²) in [6, 6.07) is 8.61. The summed E-state index contributed by atoms with van der Waals surface area (Å²) in [6.45, 7) is 3.29. The highest BCUT2D eigenvalue weighted by Gasteiger charge is 2.16. The third kappa shape index (κ3) is 1.11. The van der Waals surface area contributed by atoms with Crippen LogP contribution in [0.2, 0.25) is 0 Å². The first-order valence-corrected chi connectivity index (χ1v) is 4.84. The fourth-order valence-corrected chi connectivity index (χ4v) is 2.39. The van der Waals surface area contributed by atoms with Gasteiger partial charge in [-0.15, -0.1) is 0 Å². The number of anilines is 1. The van der Waals surface area contributed by atoms with Crippen LogP contribution in [0.4, 0.5) is 5.69 Å². The van der Waals surface area contributed by atoms with Gasteiger partial charge < -0.3 is 4.31 Å². The standard InChI is InChI=1S/C9H11NS/c1-2-10-9-6-4-3-5-8(9)7-11-10/h3-6H,2,7H2,1H3. The van der Waals surface area contributed by atoms with Gasteiger partial charge in [0.25, 0.3) is 0 Å². The van der Waals surface area contributed by atoms with Gasteiger partial charge in [-0.2, -0.15) is 0 Å². The summed E-state index contributed by atoms with van der Waals surface area (Å²) >= 11 is 1.90. The highest BCUT2D eigenvalue weighted by molar-refractivity contribution is 8.00. The maximum atomic E-state index is 2.34. The monoisotopic (exact) mass is 165 g/mol. The number of para-hydroxylation sites is 1. The molecule has 0 bridgehead atoms. The van der Waals surface area contributed by atoms with Gasteiger partial charge in [0.2, 0.25) is 0 Å². The van der Waals surface area contributed by atoms with Gasteiger partial charge in [0, 0.05) is 12.3 Å². The molecule has 0 radical (unpaired) electrons. The Balaban J connectivity index is 2.39. The Labute approximate surface area is 71.5 Å². The Morgan fingerprint density at radius 3 is 3.09 bits per heavy atom. The molecule has 1 aromatic rings. The van der Waals surface area contributed by atoms with Crippen LogP contribution in [0.5, 0.6) is 0 Å². The Bertz CT molecular complexity index is 259. The lowest BCUT2D eigenvalue weighted by Crippen LogP contribution is -2.08. The zero-order valence-corrected chi connectivity index (χ0v) is 7.40. The molecule has 11 heavy (non-hydrogen) atoms. The minimum atomic E-state index is 1.10. The minimum absolute atomic E-state index is 1.10. The summed E-state index contributed by atoms with van der Waals surface area (Å²) < 4.78 is 2.34. The normalized spacial score (nSPS) is 15.2. The number of fused-ring (bicyclic) bond motifs is 1. The molecule has 1 aliphatic heterocycles. The summed E-state index contributed by atoms with van der Waals surface area (Å²) in [7, 11) is 0. The van der Waals surface area contributed by atoms with Crippen LogP contribution in [-0.4, -0.2) is 6.54 Å². The molecule has 0 unspecified atom stereocenters. The molecule has 0 atom stereocenters. The molecule has 0 fully saturated rings. The minimum Gasteiger partial charge on any atom is -0.316 e. The molecular formula is C9H11NS. The first kappa shape index (κ1) is 7.04. The quantitative estimate of drug-likeness (QED) is 0.589. The maximum Gasteiger partial charge on any atom is 0.0510 e. The van der Waals surface area contributed by atoms with Crippen molar-refractivity contribution in [2.45, 2.75) is 12.7 Å². The molecule has 58 valence electrons. The van der Waals surface area contributed by atoms with Gasteiger partial charge in [-0.1, -0.05) is 18.2 Å². The van der Waals surface area contributed by atoms with Crippen LogP contribution in [-0.2, 0) is 5.75 Å². The largest absolute Gasteiger partial charge is 0.316 e. The maximum absolute atomic E-state index is 2.34. The molecule has 1 aliphatic rings. The molecular weight excluding hydrogens is 154 g/mol. The van der Waals surface area contributed by atoms with Gasteiger partial charge in [-0.25, -0.2) is 0 Å². The van der Waals surface area contributed by atoms with Crippen LogP contribution in [0.25, 0.3) is 0 Å². The Morgan fingerprint density at radius 2 is 2.27 bits per heavy atom. The lowest BCUT2D eigenvalue weighted by atomic mass is 10.2. The summed E-state index contributed by atoms with van der Waals surface area (Å²) in [5.41, 5.74) is 2.87. The van der Waals surface area contributed by atoms with Gasteiger partial charge in [0.05, 0.1) is 5.69 Å². The van der Waals surface area contributed by atoms with E-state index in [1.54, 1.807) is 0 Å². The zero-order chi connectivity index (χ0) is 7.68. The fourth-order valence-electron chi connectivity index (χ4n) is 1.35. The smallest absolute Gasteiger partial charge is 0.0510 e. The lowest BCUT2D eigenvalue weighted by molar-refractivity contribution is 1.12. The highest BCUT2D eigenvalue weighted by atomic mass is 32.2. The average Bonchev–Trinajstić information content (AvgIpc) is 2.47. The molecule has 1 nitrogen and oxygen atoms in total. The van der Waals surface area contributed by atoms with Gasteiger partial charge >= 0.3 is 0 Å². The number of hydrogen-bond acceptors (Lipinski definition) is 2. The number of rotatable bonds is 1. The topological polar surface area (TPSA) is 3.24 Å². The molecule has 0 saturated carbocycles. The number of nitrogens with zero attached hydrogens (tertiary/aromatic N) is 1. The number of hydrogen-bond donors (Lipinski definition) is 0. The van der Waals surface area contributed by atoms with Crippen molar-refractivity contribution in [2.75, 3.05) is 10.8 Å². The molecule has 0 saturated heterocycles. The van der Waals surface area contributed by atoms with E-state index in [0.29, 0.717) is 0 Å².